The maximum atomic E-state index is 7.05. The Labute approximate surface area is 224 Å². The number of benzene rings is 2. The Balaban J connectivity index is 2.21. The van der Waals surface area contributed by atoms with Crippen LogP contribution in [-0.4, -0.2) is 28.7 Å². The molecule has 3 nitrogen and oxygen atoms in total. The van der Waals surface area contributed by atoms with Gasteiger partial charge in [0, 0.05) is 12.1 Å². The minimum absolute atomic E-state index is 0.00742. The van der Waals surface area contributed by atoms with Crippen LogP contribution in [0.4, 0.5) is 0 Å². The van der Waals surface area contributed by atoms with Gasteiger partial charge in [-0.05, 0) is 86.2 Å². The van der Waals surface area contributed by atoms with Crippen LogP contribution in [0.5, 0.6) is 5.75 Å². The lowest BCUT2D eigenvalue weighted by molar-refractivity contribution is 0.137. The lowest BCUT2D eigenvalue weighted by Gasteiger charge is -2.42. The molecule has 0 saturated heterocycles. The second kappa shape index (κ2) is 12.0. The normalized spacial score (nSPS) is 15.9. The smallest absolute Gasteiger partial charge is 0.250 e. The van der Waals surface area contributed by atoms with Crippen LogP contribution in [0.15, 0.2) is 54.6 Å². The van der Waals surface area contributed by atoms with E-state index in [0.717, 1.165) is 18.6 Å². The van der Waals surface area contributed by atoms with Crippen LogP contribution < -0.4 is 9.74 Å². The van der Waals surface area contributed by atoms with Gasteiger partial charge in [0.1, 0.15) is 5.75 Å². The third-order valence-electron chi connectivity index (χ3n) is 8.33. The third-order valence-corrected chi connectivity index (χ3v) is 17.1. The van der Waals surface area contributed by atoms with Crippen LogP contribution in [0.2, 0.25) is 36.3 Å². The molecule has 0 heterocycles. The molecular weight excluding hydrogens is 475 g/mol. The lowest BCUT2D eigenvalue weighted by Crippen LogP contribution is -2.47. The molecule has 1 N–H and O–H groups in total. The van der Waals surface area contributed by atoms with E-state index in [4.69, 9.17) is 8.85 Å². The molecule has 5 heteroatoms. The maximum Gasteiger partial charge on any atom is 0.250 e. The first-order valence-corrected chi connectivity index (χ1v) is 19.5. The highest BCUT2D eigenvalue weighted by molar-refractivity contribution is 6.75. The molecule has 0 aliphatic heterocycles. The monoisotopic (exact) mass is 527 g/mol. The molecule has 0 bridgehead atoms. The molecule has 3 unspecified atom stereocenters. The van der Waals surface area contributed by atoms with Crippen molar-refractivity contribution in [2.45, 2.75) is 123 Å². The first-order valence-electron chi connectivity index (χ1n) is 13.7. The van der Waals surface area contributed by atoms with Crippen molar-refractivity contribution in [2.75, 3.05) is 0 Å². The Morgan fingerprint density at radius 1 is 0.750 bits per heavy atom. The summed E-state index contributed by atoms with van der Waals surface area (Å²) in [5, 5.41) is 4.19. The molecule has 0 saturated carbocycles. The summed E-state index contributed by atoms with van der Waals surface area (Å²) < 4.78 is 13.6. The zero-order chi connectivity index (χ0) is 27.4. The fourth-order valence-corrected chi connectivity index (χ4v) is 6.13. The summed E-state index contributed by atoms with van der Waals surface area (Å²) in [4.78, 5) is 0. The highest BCUT2D eigenvalue weighted by atomic mass is 28.4. The van der Waals surface area contributed by atoms with Gasteiger partial charge in [0.25, 0.3) is 0 Å². The summed E-state index contributed by atoms with van der Waals surface area (Å²) >= 11 is 0. The number of aryl methyl sites for hydroxylation is 1. The van der Waals surface area contributed by atoms with Crippen LogP contribution in [-0.2, 0) is 10.8 Å². The Bertz CT molecular complexity index is 928. The van der Waals surface area contributed by atoms with Gasteiger partial charge in [-0.1, -0.05) is 84.0 Å². The van der Waals surface area contributed by atoms with E-state index in [0.29, 0.717) is 6.04 Å². The van der Waals surface area contributed by atoms with Crippen LogP contribution in [0.25, 0.3) is 0 Å². The molecule has 2 aromatic carbocycles. The van der Waals surface area contributed by atoms with Crippen LogP contribution in [0, 0.1) is 0 Å². The molecule has 0 aliphatic carbocycles. The van der Waals surface area contributed by atoms with Crippen molar-refractivity contribution in [3.05, 3.63) is 65.7 Å². The lowest BCUT2D eigenvalue weighted by atomic mass is 10.0. The maximum absolute atomic E-state index is 7.05. The molecule has 3 atom stereocenters. The summed E-state index contributed by atoms with van der Waals surface area (Å²) in [5.74, 6) is 0.966. The minimum atomic E-state index is -1.98. The molecule has 0 spiro atoms. The topological polar surface area (TPSA) is 30.5 Å². The number of hydrogen-bond acceptors (Lipinski definition) is 3. The second-order valence-corrected chi connectivity index (χ2v) is 23.1. The van der Waals surface area contributed by atoms with E-state index in [1.165, 1.54) is 11.1 Å². The van der Waals surface area contributed by atoms with Crippen molar-refractivity contribution in [1.82, 2.24) is 5.32 Å². The van der Waals surface area contributed by atoms with E-state index >= 15 is 0 Å². The summed E-state index contributed by atoms with van der Waals surface area (Å²) in [6, 6.07) is 20.1. The van der Waals surface area contributed by atoms with E-state index in [2.05, 4.69) is 141 Å². The van der Waals surface area contributed by atoms with Crippen LogP contribution in [0.3, 0.4) is 0 Å². The van der Waals surface area contributed by atoms with Gasteiger partial charge in [0.05, 0.1) is 6.10 Å². The summed E-state index contributed by atoms with van der Waals surface area (Å²) in [7, 11) is -3.85. The molecule has 2 rings (SSSR count). The fourth-order valence-electron chi connectivity index (χ4n) is 3.77. The van der Waals surface area contributed by atoms with Crippen LogP contribution >= 0.6 is 0 Å². The number of hydrogen-bond donors (Lipinski definition) is 1. The average Bonchev–Trinajstić information content (AvgIpc) is 2.75. The Morgan fingerprint density at radius 3 is 1.78 bits per heavy atom. The van der Waals surface area contributed by atoms with Crippen LogP contribution in [0.1, 0.15) is 79.0 Å². The number of nitrogens with one attached hydrogen (secondary N) is 1. The molecule has 0 fully saturated rings. The average molecular weight is 528 g/mol. The quantitative estimate of drug-likeness (QED) is 0.295. The van der Waals surface area contributed by atoms with Crippen molar-refractivity contribution in [3.63, 3.8) is 0 Å². The van der Waals surface area contributed by atoms with Gasteiger partial charge in [0.15, 0.2) is 8.32 Å². The first-order chi connectivity index (χ1) is 16.4. The summed E-state index contributed by atoms with van der Waals surface area (Å²) in [5.41, 5.74) is 2.61. The highest BCUT2D eigenvalue weighted by Crippen LogP contribution is 2.41. The predicted molar refractivity (Wildman–Crippen MR) is 162 cm³/mol. The molecule has 0 radical (unpaired) electrons. The van der Waals surface area contributed by atoms with E-state index in [1.54, 1.807) is 0 Å². The largest absolute Gasteiger partial charge is 0.544 e. The second-order valence-electron chi connectivity index (χ2n) is 13.6. The zero-order valence-corrected chi connectivity index (χ0v) is 27.2. The molecule has 2 aromatic rings. The van der Waals surface area contributed by atoms with Gasteiger partial charge < -0.3 is 14.2 Å². The van der Waals surface area contributed by atoms with Gasteiger partial charge >= 0.3 is 0 Å². The molecule has 202 valence electrons. The van der Waals surface area contributed by atoms with E-state index in [-0.39, 0.29) is 22.2 Å². The first kappa shape index (κ1) is 30.8. The van der Waals surface area contributed by atoms with Crippen molar-refractivity contribution in [2.24, 2.45) is 0 Å². The van der Waals surface area contributed by atoms with Gasteiger partial charge in [0.2, 0.25) is 8.32 Å². The fraction of sp³-hybridized carbons (Fsp3) is 0.613. The Kier molecular flexibility index (Phi) is 10.2. The van der Waals surface area contributed by atoms with Gasteiger partial charge in [-0.25, -0.2) is 0 Å². The summed E-state index contributed by atoms with van der Waals surface area (Å²) in [6.45, 7) is 27.6. The van der Waals surface area contributed by atoms with Gasteiger partial charge in [-0.3, -0.25) is 0 Å². The van der Waals surface area contributed by atoms with E-state index in [9.17, 15) is 0 Å². The highest BCUT2D eigenvalue weighted by Gasteiger charge is 2.41. The van der Waals surface area contributed by atoms with Crippen molar-refractivity contribution in [1.29, 1.82) is 0 Å². The van der Waals surface area contributed by atoms with Crippen molar-refractivity contribution >= 4 is 16.6 Å². The van der Waals surface area contributed by atoms with Crippen molar-refractivity contribution in [3.8, 4) is 5.75 Å². The SMILES string of the molecule is CC(CCc1ccccc1)NC(C)C(O[Si](C)(C)C(C)(C)C)c1ccc(O[Si](C)(C)C(C)(C)C)cc1. The van der Waals surface area contributed by atoms with Gasteiger partial charge in [-0.15, -0.1) is 0 Å². The zero-order valence-electron chi connectivity index (χ0n) is 25.2. The minimum Gasteiger partial charge on any atom is -0.544 e. The van der Waals surface area contributed by atoms with E-state index in [1.807, 2.05) is 0 Å². The van der Waals surface area contributed by atoms with E-state index < -0.39 is 16.6 Å². The Morgan fingerprint density at radius 2 is 1.28 bits per heavy atom. The molecule has 36 heavy (non-hydrogen) atoms. The van der Waals surface area contributed by atoms with Gasteiger partial charge in [-0.2, -0.15) is 0 Å². The molecule has 0 aliphatic rings. The molecule has 0 aromatic heterocycles. The number of rotatable bonds is 11. The molecular formula is C31H53NO2Si2. The Hall–Kier alpha value is -1.41. The third kappa shape index (κ3) is 8.58. The van der Waals surface area contributed by atoms with Crippen molar-refractivity contribution < 1.29 is 8.85 Å². The standard InChI is InChI=1S/C31H53NO2Si2/c1-24(18-19-26-16-14-13-15-17-26)32-25(2)29(34-36(11,12)31(6,7)8)27-20-22-28(23-21-27)33-35(9,10)30(3,4)5/h13-17,20-25,29,32H,18-19H2,1-12H3. The molecule has 0 amide bonds. The summed E-state index contributed by atoms with van der Waals surface area (Å²) in [6.07, 6.45) is 2.17. The predicted octanol–water partition coefficient (Wildman–Crippen LogP) is 9.13.